The number of rotatable bonds is 2. The fourth-order valence-corrected chi connectivity index (χ4v) is 2.13. The summed E-state index contributed by atoms with van der Waals surface area (Å²) < 4.78 is 0. The quantitative estimate of drug-likeness (QED) is 0.613. The minimum Gasteiger partial charge on any atom is -0.103 e. The number of hydrogen-bond acceptors (Lipinski definition) is 0. The van der Waals surface area contributed by atoms with Gasteiger partial charge in [0, 0.05) is 0 Å². The SMILES string of the molecule is C=CCC1=Cc2c(C)ccc(C)c2C1. The van der Waals surface area contributed by atoms with Gasteiger partial charge in [-0.25, -0.2) is 0 Å². The van der Waals surface area contributed by atoms with Crippen molar-refractivity contribution in [3.05, 3.63) is 52.6 Å². The van der Waals surface area contributed by atoms with E-state index in [1.54, 1.807) is 0 Å². The molecule has 2 rings (SSSR count). The molecule has 0 nitrogen and oxygen atoms in total. The summed E-state index contributed by atoms with van der Waals surface area (Å²) in [5, 5.41) is 0. The van der Waals surface area contributed by atoms with E-state index in [2.05, 4.69) is 38.6 Å². The molecule has 0 fully saturated rings. The lowest BCUT2D eigenvalue weighted by molar-refractivity contribution is 1.09. The predicted octanol–water partition coefficient (Wildman–Crippen LogP) is 3.82. The van der Waals surface area contributed by atoms with Crippen molar-refractivity contribution in [2.24, 2.45) is 0 Å². The first-order valence-electron chi connectivity index (χ1n) is 5.12. The Bertz CT molecular complexity index is 408. The van der Waals surface area contributed by atoms with Gasteiger partial charge < -0.3 is 0 Å². The van der Waals surface area contributed by atoms with E-state index in [0.29, 0.717) is 0 Å². The van der Waals surface area contributed by atoms with E-state index in [0.717, 1.165) is 12.8 Å². The van der Waals surface area contributed by atoms with Crippen LogP contribution in [-0.2, 0) is 6.42 Å². The van der Waals surface area contributed by atoms with Crippen LogP contribution in [0.15, 0.2) is 30.4 Å². The van der Waals surface area contributed by atoms with Crippen molar-refractivity contribution in [2.45, 2.75) is 26.7 Å². The molecule has 72 valence electrons. The van der Waals surface area contributed by atoms with Crippen LogP contribution in [0.5, 0.6) is 0 Å². The van der Waals surface area contributed by atoms with Crippen LogP contribution >= 0.6 is 0 Å². The van der Waals surface area contributed by atoms with Gasteiger partial charge in [0.2, 0.25) is 0 Å². The average Bonchev–Trinajstić information content (AvgIpc) is 2.57. The molecule has 1 aromatic carbocycles. The molecule has 0 saturated carbocycles. The topological polar surface area (TPSA) is 0 Å². The minimum atomic E-state index is 1.02. The van der Waals surface area contributed by atoms with E-state index in [-0.39, 0.29) is 0 Å². The Labute approximate surface area is 86.0 Å². The number of fused-ring (bicyclic) bond motifs is 1. The van der Waals surface area contributed by atoms with Gasteiger partial charge in [-0.2, -0.15) is 0 Å². The number of aryl methyl sites for hydroxylation is 2. The van der Waals surface area contributed by atoms with Gasteiger partial charge in [0.15, 0.2) is 0 Å². The Kier molecular flexibility index (Phi) is 2.28. The van der Waals surface area contributed by atoms with Crippen LogP contribution in [0.4, 0.5) is 0 Å². The van der Waals surface area contributed by atoms with Gasteiger partial charge in [-0.15, -0.1) is 6.58 Å². The van der Waals surface area contributed by atoms with E-state index < -0.39 is 0 Å². The van der Waals surface area contributed by atoms with Crippen LogP contribution in [-0.4, -0.2) is 0 Å². The predicted molar refractivity (Wildman–Crippen MR) is 62.4 cm³/mol. The van der Waals surface area contributed by atoms with Crippen LogP contribution in [0, 0.1) is 13.8 Å². The second kappa shape index (κ2) is 3.45. The lowest BCUT2D eigenvalue weighted by Gasteiger charge is -2.06. The molecule has 0 amide bonds. The molecule has 0 heterocycles. The maximum atomic E-state index is 3.79. The maximum Gasteiger partial charge on any atom is -0.00520 e. The second-order valence-electron chi connectivity index (χ2n) is 4.06. The van der Waals surface area contributed by atoms with Gasteiger partial charge in [0.25, 0.3) is 0 Å². The Balaban J connectivity index is 2.44. The largest absolute Gasteiger partial charge is 0.103 e. The molecule has 0 unspecified atom stereocenters. The highest BCUT2D eigenvalue weighted by atomic mass is 14.2. The van der Waals surface area contributed by atoms with Crippen molar-refractivity contribution >= 4 is 6.08 Å². The van der Waals surface area contributed by atoms with E-state index in [4.69, 9.17) is 0 Å². The van der Waals surface area contributed by atoms with Gasteiger partial charge in [0.05, 0.1) is 0 Å². The summed E-state index contributed by atoms with van der Waals surface area (Å²) >= 11 is 0. The molecule has 0 heteroatoms. The van der Waals surface area contributed by atoms with Gasteiger partial charge in [-0.3, -0.25) is 0 Å². The standard InChI is InChI=1S/C14H16/c1-4-5-12-8-13-10(2)6-7-11(3)14(13)9-12/h4,6-8H,1,5,9H2,2-3H3. The normalized spacial score (nSPS) is 13.7. The monoisotopic (exact) mass is 184 g/mol. The van der Waals surface area contributed by atoms with Gasteiger partial charge in [-0.05, 0) is 48.9 Å². The maximum absolute atomic E-state index is 3.79. The third-order valence-corrected chi connectivity index (χ3v) is 2.97. The van der Waals surface area contributed by atoms with Crippen LogP contribution in [0.1, 0.15) is 28.7 Å². The molecular weight excluding hydrogens is 168 g/mol. The van der Waals surface area contributed by atoms with E-state index in [1.807, 2.05) is 6.08 Å². The summed E-state index contributed by atoms with van der Waals surface area (Å²) in [7, 11) is 0. The third-order valence-electron chi connectivity index (χ3n) is 2.97. The minimum absolute atomic E-state index is 1.02. The molecule has 1 aromatic rings. The van der Waals surface area contributed by atoms with Crippen molar-refractivity contribution < 1.29 is 0 Å². The molecule has 0 saturated heterocycles. The third kappa shape index (κ3) is 1.41. The molecule has 0 atom stereocenters. The Morgan fingerprint density at radius 1 is 1.29 bits per heavy atom. The first-order valence-corrected chi connectivity index (χ1v) is 5.12. The molecule has 14 heavy (non-hydrogen) atoms. The Morgan fingerprint density at radius 3 is 2.64 bits per heavy atom. The number of hydrogen-bond donors (Lipinski definition) is 0. The highest BCUT2D eigenvalue weighted by Gasteiger charge is 2.15. The van der Waals surface area contributed by atoms with Crippen molar-refractivity contribution in [2.75, 3.05) is 0 Å². The lowest BCUT2D eigenvalue weighted by Crippen LogP contribution is -1.91. The first-order chi connectivity index (χ1) is 6.72. The van der Waals surface area contributed by atoms with Crippen LogP contribution < -0.4 is 0 Å². The summed E-state index contributed by atoms with van der Waals surface area (Å²) in [5.41, 5.74) is 7.27. The molecular formula is C14H16. The molecule has 0 N–H and O–H groups in total. The van der Waals surface area contributed by atoms with Gasteiger partial charge in [0.1, 0.15) is 0 Å². The second-order valence-corrected chi connectivity index (χ2v) is 4.06. The average molecular weight is 184 g/mol. The zero-order valence-corrected chi connectivity index (χ0v) is 8.93. The van der Waals surface area contributed by atoms with E-state index in [9.17, 15) is 0 Å². The van der Waals surface area contributed by atoms with Crippen LogP contribution in [0.2, 0.25) is 0 Å². The zero-order chi connectivity index (χ0) is 10.1. The van der Waals surface area contributed by atoms with E-state index >= 15 is 0 Å². The molecule has 1 aliphatic carbocycles. The van der Waals surface area contributed by atoms with Gasteiger partial charge >= 0.3 is 0 Å². The molecule has 0 aromatic heterocycles. The molecule has 0 aliphatic heterocycles. The summed E-state index contributed by atoms with van der Waals surface area (Å²) in [6.45, 7) is 8.17. The summed E-state index contributed by atoms with van der Waals surface area (Å²) in [4.78, 5) is 0. The lowest BCUT2D eigenvalue weighted by atomic mass is 9.99. The summed E-state index contributed by atoms with van der Waals surface area (Å²) in [6.07, 6.45) is 6.46. The molecule has 1 aliphatic rings. The van der Waals surface area contributed by atoms with Gasteiger partial charge in [-0.1, -0.05) is 29.9 Å². The van der Waals surface area contributed by atoms with Crippen molar-refractivity contribution in [1.29, 1.82) is 0 Å². The number of benzene rings is 1. The molecule has 0 radical (unpaired) electrons. The Morgan fingerprint density at radius 2 is 2.00 bits per heavy atom. The van der Waals surface area contributed by atoms with Crippen molar-refractivity contribution in [3.8, 4) is 0 Å². The highest BCUT2D eigenvalue weighted by Crippen LogP contribution is 2.31. The highest BCUT2D eigenvalue weighted by molar-refractivity contribution is 5.68. The summed E-state index contributed by atoms with van der Waals surface area (Å²) in [5.74, 6) is 0. The van der Waals surface area contributed by atoms with Crippen molar-refractivity contribution in [3.63, 3.8) is 0 Å². The fourth-order valence-electron chi connectivity index (χ4n) is 2.13. The zero-order valence-electron chi connectivity index (χ0n) is 8.93. The van der Waals surface area contributed by atoms with Crippen LogP contribution in [0.25, 0.3) is 6.08 Å². The Hall–Kier alpha value is -1.30. The fraction of sp³-hybridized carbons (Fsp3) is 0.286. The van der Waals surface area contributed by atoms with Crippen molar-refractivity contribution in [1.82, 2.24) is 0 Å². The molecule has 0 spiro atoms. The van der Waals surface area contributed by atoms with Crippen LogP contribution in [0.3, 0.4) is 0 Å². The van der Waals surface area contributed by atoms with E-state index in [1.165, 1.54) is 27.8 Å². The summed E-state index contributed by atoms with van der Waals surface area (Å²) in [6, 6.07) is 4.43. The number of allylic oxidation sites excluding steroid dienone is 2. The molecule has 0 bridgehead atoms. The first kappa shape index (κ1) is 9.26. The smallest absolute Gasteiger partial charge is 0.00520 e.